The van der Waals surface area contributed by atoms with E-state index >= 15 is 0 Å². The number of nitrogens with zero attached hydrogens (tertiary/aromatic N) is 2. The lowest BCUT2D eigenvalue weighted by Crippen LogP contribution is -2.41. The summed E-state index contributed by atoms with van der Waals surface area (Å²) >= 11 is 5.71. The number of alkyl carbamates (subject to hydrolysis) is 1. The molecule has 0 saturated heterocycles. The van der Waals surface area contributed by atoms with Gasteiger partial charge in [-0.1, -0.05) is 11.6 Å². The Morgan fingerprint density at radius 2 is 2.14 bits per heavy atom. The third-order valence-electron chi connectivity index (χ3n) is 2.36. The van der Waals surface area contributed by atoms with Crippen LogP contribution in [0.4, 0.5) is 16.3 Å². The standard InChI is InChI=1S/C13H19ClN4O4/c1-13(2,3)17-12(19)22-8-4-7-15-11-9(18(20)21)5-6-10(14)16-11/h5-6H,4,7-8H2,1-3H3,(H,15,16)(H,17,19). The fourth-order valence-corrected chi connectivity index (χ4v) is 1.64. The summed E-state index contributed by atoms with van der Waals surface area (Å²) in [5, 5.41) is 16.5. The smallest absolute Gasteiger partial charge is 0.407 e. The number of rotatable bonds is 6. The van der Waals surface area contributed by atoms with Crippen LogP contribution in [-0.4, -0.2) is 34.7 Å². The van der Waals surface area contributed by atoms with Crippen molar-refractivity contribution in [2.75, 3.05) is 18.5 Å². The van der Waals surface area contributed by atoms with Gasteiger partial charge in [-0.25, -0.2) is 9.78 Å². The minimum Gasteiger partial charge on any atom is -0.449 e. The zero-order chi connectivity index (χ0) is 16.8. The minimum absolute atomic E-state index is 0.0941. The lowest BCUT2D eigenvalue weighted by atomic mass is 10.1. The van der Waals surface area contributed by atoms with Gasteiger partial charge >= 0.3 is 11.8 Å². The van der Waals surface area contributed by atoms with Gasteiger partial charge in [0.1, 0.15) is 5.15 Å². The van der Waals surface area contributed by atoms with E-state index in [1.54, 1.807) is 0 Å². The van der Waals surface area contributed by atoms with E-state index in [2.05, 4.69) is 15.6 Å². The second kappa shape index (κ2) is 7.79. The molecule has 0 aliphatic carbocycles. The number of hydrogen-bond donors (Lipinski definition) is 2. The number of anilines is 1. The molecule has 9 heteroatoms. The first-order valence-electron chi connectivity index (χ1n) is 6.69. The quantitative estimate of drug-likeness (QED) is 0.359. The third kappa shape index (κ3) is 6.57. The third-order valence-corrected chi connectivity index (χ3v) is 2.57. The zero-order valence-electron chi connectivity index (χ0n) is 12.7. The summed E-state index contributed by atoms with van der Waals surface area (Å²) in [5.41, 5.74) is -0.517. The van der Waals surface area contributed by atoms with Crippen molar-refractivity contribution in [3.8, 4) is 0 Å². The molecule has 1 heterocycles. The number of aromatic nitrogens is 1. The van der Waals surface area contributed by atoms with E-state index in [-0.39, 0.29) is 28.8 Å². The van der Waals surface area contributed by atoms with Gasteiger partial charge in [0.05, 0.1) is 11.5 Å². The first-order chi connectivity index (χ1) is 10.2. The summed E-state index contributed by atoms with van der Waals surface area (Å²) in [5.74, 6) is 0.0941. The van der Waals surface area contributed by atoms with Gasteiger partial charge in [0.15, 0.2) is 0 Å². The highest BCUT2D eigenvalue weighted by atomic mass is 35.5. The number of nitro groups is 1. The van der Waals surface area contributed by atoms with Crippen molar-refractivity contribution in [3.63, 3.8) is 0 Å². The fourth-order valence-electron chi connectivity index (χ4n) is 1.49. The van der Waals surface area contributed by atoms with E-state index in [1.165, 1.54) is 12.1 Å². The van der Waals surface area contributed by atoms with Crippen LogP contribution in [0.15, 0.2) is 12.1 Å². The first kappa shape index (κ1) is 18.0. The van der Waals surface area contributed by atoms with E-state index < -0.39 is 11.0 Å². The van der Waals surface area contributed by atoms with E-state index in [0.29, 0.717) is 13.0 Å². The summed E-state index contributed by atoms with van der Waals surface area (Å²) in [4.78, 5) is 25.6. The molecule has 0 saturated carbocycles. The number of amides is 1. The first-order valence-corrected chi connectivity index (χ1v) is 7.06. The maximum Gasteiger partial charge on any atom is 0.407 e. The van der Waals surface area contributed by atoms with E-state index in [9.17, 15) is 14.9 Å². The monoisotopic (exact) mass is 330 g/mol. The van der Waals surface area contributed by atoms with Gasteiger partial charge in [-0.2, -0.15) is 0 Å². The Labute approximate surface area is 133 Å². The van der Waals surface area contributed by atoms with Crippen LogP contribution in [0.1, 0.15) is 27.2 Å². The Hall–Kier alpha value is -2.09. The van der Waals surface area contributed by atoms with Gasteiger partial charge < -0.3 is 15.4 Å². The van der Waals surface area contributed by atoms with Gasteiger partial charge in [-0.3, -0.25) is 10.1 Å². The number of carbonyl (C=O) groups excluding carboxylic acids is 1. The van der Waals surface area contributed by atoms with Crippen LogP contribution in [-0.2, 0) is 4.74 Å². The molecule has 0 aliphatic rings. The van der Waals surface area contributed by atoms with E-state index in [4.69, 9.17) is 16.3 Å². The lowest BCUT2D eigenvalue weighted by molar-refractivity contribution is -0.384. The molecule has 0 radical (unpaired) electrons. The number of halogens is 1. The second-order valence-electron chi connectivity index (χ2n) is 5.55. The maximum atomic E-state index is 11.4. The molecule has 1 rings (SSSR count). The molecule has 1 aromatic heterocycles. The highest BCUT2D eigenvalue weighted by molar-refractivity contribution is 6.29. The highest BCUT2D eigenvalue weighted by Crippen LogP contribution is 2.23. The molecule has 0 bridgehead atoms. The highest BCUT2D eigenvalue weighted by Gasteiger charge is 2.16. The number of hydrogen-bond acceptors (Lipinski definition) is 6. The molecule has 8 nitrogen and oxygen atoms in total. The molecular formula is C13H19ClN4O4. The maximum absolute atomic E-state index is 11.4. The van der Waals surface area contributed by atoms with Crippen molar-refractivity contribution >= 4 is 29.2 Å². The van der Waals surface area contributed by atoms with Crippen LogP contribution in [0.3, 0.4) is 0 Å². The molecule has 0 unspecified atom stereocenters. The number of carbonyl (C=O) groups is 1. The Morgan fingerprint density at radius 1 is 1.45 bits per heavy atom. The fraction of sp³-hybridized carbons (Fsp3) is 0.538. The molecule has 0 spiro atoms. The SMILES string of the molecule is CC(C)(C)NC(=O)OCCCNc1nc(Cl)ccc1[N+](=O)[O-]. The van der Waals surface area contributed by atoms with Crippen LogP contribution in [0, 0.1) is 10.1 Å². The molecule has 0 aromatic carbocycles. The topological polar surface area (TPSA) is 106 Å². The molecule has 1 aromatic rings. The number of nitrogens with one attached hydrogen (secondary N) is 2. The summed E-state index contributed by atoms with van der Waals surface area (Å²) in [6.45, 7) is 6.08. The summed E-state index contributed by atoms with van der Waals surface area (Å²) in [7, 11) is 0. The van der Waals surface area contributed by atoms with Crippen LogP contribution in [0.5, 0.6) is 0 Å². The second-order valence-corrected chi connectivity index (χ2v) is 5.94. The lowest BCUT2D eigenvalue weighted by Gasteiger charge is -2.19. The van der Waals surface area contributed by atoms with Crippen LogP contribution >= 0.6 is 11.6 Å². The molecule has 22 heavy (non-hydrogen) atoms. The van der Waals surface area contributed by atoms with Crippen molar-refractivity contribution in [2.45, 2.75) is 32.7 Å². The van der Waals surface area contributed by atoms with Crippen molar-refractivity contribution < 1.29 is 14.5 Å². The van der Waals surface area contributed by atoms with Gasteiger partial charge in [0.2, 0.25) is 5.82 Å². The average Bonchev–Trinajstić information content (AvgIpc) is 2.35. The summed E-state index contributed by atoms with van der Waals surface area (Å²) in [6, 6.07) is 2.63. The van der Waals surface area contributed by atoms with Gasteiger partial charge in [0, 0.05) is 18.2 Å². The molecular weight excluding hydrogens is 312 g/mol. The number of pyridine rings is 1. The van der Waals surface area contributed by atoms with Crippen LogP contribution < -0.4 is 10.6 Å². The molecule has 0 aliphatic heterocycles. The summed E-state index contributed by atoms with van der Waals surface area (Å²) < 4.78 is 4.99. The van der Waals surface area contributed by atoms with Crippen molar-refractivity contribution in [2.24, 2.45) is 0 Å². The van der Waals surface area contributed by atoms with Crippen LogP contribution in [0.25, 0.3) is 0 Å². The summed E-state index contributed by atoms with van der Waals surface area (Å²) in [6.07, 6.45) is -0.0255. The minimum atomic E-state index is -0.543. The van der Waals surface area contributed by atoms with Gasteiger partial charge in [0.25, 0.3) is 0 Å². The van der Waals surface area contributed by atoms with Crippen molar-refractivity contribution in [1.29, 1.82) is 0 Å². The molecule has 122 valence electrons. The molecule has 0 atom stereocenters. The van der Waals surface area contributed by atoms with Gasteiger partial charge in [-0.05, 0) is 33.3 Å². The Morgan fingerprint density at radius 3 is 2.73 bits per heavy atom. The predicted octanol–water partition coefficient (Wildman–Crippen LogP) is 2.97. The largest absolute Gasteiger partial charge is 0.449 e. The Kier molecular flexibility index (Phi) is 6.36. The Balaban J connectivity index is 2.38. The van der Waals surface area contributed by atoms with E-state index in [0.717, 1.165) is 0 Å². The average molecular weight is 331 g/mol. The van der Waals surface area contributed by atoms with Crippen LogP contribution in [0.2, 0.25) is 5.15 Å². The number of ether oxygens (including phenoxy) is 1. The molecule has 1 amide bonds. The molecule has 0 fully saturated rings. The van der Waals surface area contributed by atoms with Crippen molar-refractivity contribution in [3.05, 3.63) is 27.4 Å². The molecule has 2 N–H and O–H groups in total. The Bertz CT molecular complexity index is 545. The van der Waals surface area contributed by atoms with E-state index in [1.807, 2.05) is 20.8 Å². The van der Waals surface area contributed by atoms with Gasteiger partial charge in [-0.15, -0.1) is 0 Å². The zero-order valence-corrected chi connectivity index (χ0v) is 13.4. The predicted molar refractivity (Wildman–Crippen MR) is 83.2 cm³/mol. The normalized spacial score (nSPS) is 10.9. The van der Waals surface area contributed by atoms with Crippen molar-refractivity contribution in [1.82, 2.24) is 10.3 Å².